The normalized spacial score (nSPS) is 10.3. The van der Waals surface area contributed by atoms with Gasteiger partial charge in [0, 0.05) is 17.1 Å². The van der Waals surface area contributed by atoms with E-state index in [0.717, 1.165) is 15.9 Å². The molecule has 0 saturated heterocycles. The molecule has 2 nitrogen and oxygen atoms in total. The molecular formula is C11H8BrClN2. The quantitative estimate of drug-likeness (QED) is 0.789. The van der Waals surface area contributed by atoms with Gasteiger partial charge in [0.15, 0.2) is 0 Å². The second-order valence-electron chi connectivity index (χ2n) is 3.06. The first-order chi connectivity index (χ1) is 7.25. The number of hydrogen-bond acceptors (Lipinski definition) is 2. The summed E-state index contributed by atoms with van der Waals surface area (Å²) in [6.07, 6.45) is 2.35. The van der Waals surface area contributed by atoms with Gasteiger partial charge in [-0.05, 0) is 17.7 Å². The van der Waals surface area contributed by atoms with Crippen molar-refractivity contribution in [1.29, 1.82) is 0 Å². The van der Waals surface area contributed by atoms with Crippen LogP contribution >= 0.6 is 27.5 Å². The minimum Gasteiger partial charge on any atom is -0.241 e. The topological polar surface area (TPSA) is 25.8 Å². The van der Waals surface area contributed by atoms with Crippen LogP contribution in [0.2, 0.25) is 5.15 Å². The highest BCUT2D eigenvalue weighted by atomic mass is 79.9. The third-order valence-electron chi connectivity index (χ3n) is 1.98. The van der Waals surface area contributed by atoms with Crippen molar-refractivity contribution in [3.63, 3.8) is 0 Å². The van der Waals surface area contributed by atoms with Crippen LogP contribution < -0.4 is 0 Å². The molecule has 0 aliphatic carbocycles. The number of halogens is 2. The standard InChI is InChI=1S/C11H8BrClN2/c12-9-4-2-1-3-8(9)7-11-14-6-5-10(13)15-11/h1-6H,7H2. The fraction of sp³-hybridized carbons (Fsp3) is 0.0909. The van der Waals surface area contributed by atoms with E-state index < -0.39 is 0 Å². The van der Waals surface area contributed by atoms with E-state index in [1.165, 1.54) is 0 Å². The van der Waals surface area contributed by atoms with Crippen LogP contribution in [0.5, 0.6) is 0 Å². The molecule has 0 bridgehead atoms. The third kappa shape index (κ3) is 2.76. The van der Waals surface area contributed by atoms with Crippen molar-refractivity contribution in [1.82, 2.24) is 9.97 Å². The molecule has 2 aromatic rings. The predicted octanol–water partition coefficient (Wildman–Crippen LogP) is 3.48. The Morgan fingerprint density at radius 3 is 2.73 bits per heavy atom. The Bertz CT molecular complexity index is 474. The Morgan fingerprint density at radius 2 is 2.00 bits per heavy atom. The summed E-state index contributed by atoms with van der Waals surface area (Å²) in [5, 5.41) is 0.479. The van der Waals surface area contributed by atoms with Crippen LogP contribution in [0.4, 0.5) is 0 Å². The Kier molecular flexibility index (Phi) is 3.34. The highest BCUT2D eigenvalue weighted by Crippen LogP contribution is 2.18. The lowest BCUT2D eigenvalue weighted by Gasteiger charge is -2.02. The third-order valence-corrected chi connectivity index (χ3v) is 2.96. The molecule has 0 amide bonds. The minimum absolute atomic E-state index is 0.479. The lowest BCUT2D eigenvalue weighted by Crippen LogP contribution is -1.96. The minimum atomic E-state index is 0.479. The van der Waals surface area contributed by atoms with Crippen molar-refractivity contribution < 1.29 is 0 Å². The molecule has 2 rings (SSSR count). The monoisotopic (exact) mass is 282 g/mol. The molecule has 4 heteroatoms. The first-order valence-corrected chi connectivity index (χ1v) is 5.63. The zero-order valence-electron chi connectivity index (χ0n) is 7.82. The van der Waals surface area contributed by atoms with E-state index in [0.29, 0.717) is 11.6 Å². The van der Waals surface area contributed by atoms with Crippen molar-refractivity contribution >= 4 is 27.5 Å². The van der Waals surface area contributed by atoms with Crippen LogP contribution in [0, 0.1) is 0 Å². The average molecular weight is 284 g/mol. The van der Waals surface area contributed by atoms with Crippen LogP contribution in [0.15, 0.2) is 41.0 Å². The zero-order chi connectivity index (χ0) is 10.7. The summed E-state index contributed by atoms with van der Waals surface area (Å²) < 4.78 is 1.06. The van der Waals surface area contributed by atoms with Crippen LogP contribution in [-0.4, -0.2) is 9.97 Å². The highest BCUT2D eigenvalue weighted by molar-refractivity contribution is 9.10. The lowest BCUT2D eigenvalue weighted by molar-refractivity contribution is 0.965. The van der Waals surface area contributed by atoms with Gasteiger partial charge in [-0.15, -0.1) is 0 Å². The molecule has 1 aromatic heterocycles. The summed E-state index contributed by atoms with van der Waals surface area (Å²) in [5.41, 5.74) is 1.15. The molecule has 0 N–H and O–H groups in total. The van der Waals surface area contributed by atoms with Crippen molar-refractivity contribution in [2.24, 2.45) is 0 Å². The molecule has 0 spiro atoms. The van der Waals surface area contributed by atoms with Gasteiger partial charge < -0.3 is 0 Å². The predicted molar refractivity (Wildman–Crippen MR) is 64.0 cm³/mol. The molecular weight excluding hydrogens is 275 g/mol. The first kappa shape index (κ1) is 10.6. The van der Waals surface area contributed by atoms with E-state index in [2.05, 4.69) is 25.9 Å². The van der Waals surface area contributed by atoms with E-state index in [-0.39, 0.29) is 0 Å². The van der Waals surface area contributed by atoms with Crippen LogP contribution in [0.1, 0.15) is 11.4 Å². The van der Waals surface area contributed by atoms with Gasteiger partial charge in [-0.1, -0.05) is 45.7 Å². The van der Waals surface area contributed by atoms with E-state index in [1.807, 2.05) is 24.3 Å². The SMILES string of the molecule is Clc1ccnc(Cc2ccccc2Br)n1. The number of benzene rings is 1. The first-order valence-electron chi connectivity index (χ1n) is 4.46. The van der Waals surface area contributed by atoms with E-state index in [1.54, 1.807) is 12.3 Å². The summed E-state index contributed by atoms with van der Waals surface area (Å²) in [7, 11) is 0. The molecule has 0 saturated carbocycles. The zero-order valence-corrected chi connectivity index (χ0v) is 10.2. The van der Waals surface area contributed by atoms with E-state index in [4.69, 9.17) is 11.6 Å². The largest absolute Gasteiger partial charge is 0.241 e. The maximum atomic E-state index is 5.79. The molecule has 0 atom stereocenters. The van der Waals surface area contributed by atoms with Crippen LogP contribution in [-0.2, 0) is 6.42 Å². The maximum absolute atomic E-state index is 5.79. The fourth-order valence-corrected chi connectivity index (χ4v) is 1.85. The van der Waals surface area contributed by atoms with Crippen LogP contribution in [0.3, 0.4) is 0 Å². The van der Waals surface area contributed by atoms with Gasteiger partial charge in [0.25, 0.3) is 0 Å². The summed E-state index contributed by atoms with van der Waals surface area (Å²) in [4.78, 5) is 8.30. The van der Waals surface area contributed by atoms with Crippen LogP contribution in [0.25, 0.3) is 0 Å². The molecule has 1 aromatic carbocycles. The summed E-state index contributed by atoms with van der Waals surface area (Å²) in [5.74, 6) is 0.731. The second kappa shape index (κ2) is 4.73. The molecule has 0 radical (unpaired) electrons. The van der Waals surface area contributed by atoms with Gasteiger partial charge in [-0.2, -0.15) is 0 Å². The number of aromatic nitrogens is 2. The van der Waals surface area contributed by atoms with E-state index in [9.17, 15) is 0 Å². The van der Waals surface area contributed by atoms with Gasteiger partial charge in [0.1, 0.15) is 11.0 Å². The Hall–Kier alpha value is -0.930. The van der Waals surface area contributed by atoms with Crippen molar-refractivity contribution in [2.75, 3.05) is 0 Å². The van der Waals surface area contributed by atoms with Gasteiger partial charge in [-0.3, -0.25) is 0 Å². The Morgan fingerprint density at radius 1 is 1.20 bits per heavy atom. The highest BCUT2D eigenvalue weighted by Gasteiger charge is 2.02. The summed E-state index contributed by atoms with van der Waals surface area (Å²) in [6.45, 7) is 0. The molecule has 15 heavy (non-hydrogen) atoms. The fourth-order valence-electron chi connectivity index (χ4n) is 1.27. The summed E-state index contributed by atoms with van der Waals surface area (Å²) in [6, 6.07) is 9.68. The lowest BCUT2D eigenvalue weighted by atomic mass is 10.1. The maximum Gasteiger partial charge on any atom is 0.134 e. The van der Waals surface area contributed by atoms with E-state index >= 15 is 0 Å². The molecule has 0 aliphatic rings. The van der Waals surface area contributed by atoms with Crippen molar-refractivity contribution in [2.45, 2.75) is 6.42 Å². The average Bonchev–Trinajstić information content (AvgIpc) is 2.22. The number of nitrogens with zero attached hydrogens (tertiary/aromatic N) is 2. The van der Waals surface area contributed by atoms with Gasteiger partial charge in [-0.25, -0.2) is 9.97 Å². The van der Waals surface area contributed by atoms with Gasteiger partial charge in [0.2, 0.25) is 0 Å². The number of hydrogen-bond donors (Lipinski definition) is 0. The second-order valence-corrected chi connectivity index (χ2v) is 4.31. The molecule has 76 valence electrons. The molecule has 0 fully saturated rings. The van der Waals surface area contributed by atoms with Gasteiger partial charge >= 0.3 is 0 Å². The number of rotatable bonds is 2. The Labute approximate surface area is 101 Å². The van der Waals surface area contributed by atoms with Crippen molar-refractivity contribution in [3.05, 3.63) is 57.5 Å². The molecule has 1 heterocycles. The molecule has 0 aliphatic heterocycles. The Balaban J connectivity index is 2.26. The molecule has 0 unspecified atom stereocenters. The smallest absolute Gasteiger partial charge is 0.134 e. The van der Waals surface area contributed by atoms with Crippen molar-refractivity contribution in [3.8, 4) is 0 Å². The summed E-state index contributed by atoms with van der Waals surface area (Å²) >= 11 is 9.27. The van der Waals surface area contributed by atoms with Gasteiger partial charge in [0.05, 0.1) is 0 Å².